The number of benzene rings is 1. The summed E-state index contributed by atoms with van der Waals surface area (Å²) >= 11 is 0. The molecule has 22 heavy (non-hydrogen) atoms. The van der Waals surface area contributed by atoms with Gasteiger partial charge in [0.05, 0.1) is 11.6 Å². The molecule has 5 heteroatoms. The average Bonchev–Trinajstić information content (AvgIpc) is 2.95. The van der Waals surface area contributed by atoms with Gasteiger partial charge in [-0.05, 0) is 31.4 Å². The van der Waals surface area contributed by atoms with Crippen LogP contribution in [0.25, 0.3) is 10.9 Å². The second kappa shape index (κ2) is 4.12. The van der Waals surface area contributed by atoms with Gasteiger partial charge in [-0.3, -0.25) is 9.89 Å². The summed E-state index contributed by atoms with van der Waals surface area (Å²) in [5.41, 5.74) is 3.87. The van der Waals surface area contributed by atoms with Gasteiger partial charge in [-0.2, -0.15) is 5.10 Å². The quantitative estimate of drug-likeness (QED) is 0.878. The van der Waals surface area contributed by atoms with Crippen molar-refractivity contribution in [1.82, 2.24) is 20.0 Å². The molecule has 0 spiro atoms. The smallest absolute Gasteiger partial charge is 0.279 e. The first-order valence-corrected chi connectivity index (χ1v) is 7.95. The molecule has 5 rings (SSSR count). The van der Waals surface area contributed by atoms with Crippen LogP contribution in [0.3, 0.4) is 0 Å². The van der Waals surface area contributed by atoms with Crippen molar-refractivity contribution in [2.45, 2.75) is 25.8 Å². The van der Waals surface area contributed by atoms with Crippen LogP contribution in [0, 0.1) is 12.8 Å². The minimum Gasteiger partial charge on any atom is -0.374 e. The standard InChI is InChI=1S/C17H18N4O/c1-10-2-3-13-14(6-10)18-19-16(13)17(22)21-12-7-11-4-5-20(8-12)9-15(11)21/h2-3,6,9,11-12H,4-5,7-8H2,1H3,(H,18,19)/t11-,12-/m0/s1. The second-order valence-corrected chi connectivity index (χ2v) is 6.72. The lowest BCUT2D eigenvalue weighted by Gasteiger charge is -2.38. The van der Waals surface area contributed by atoms with E-state index in [2.05, 4.69) is 21.3 Å². The number of rotatable bonds is 1. The van der Waals surface area contributed by atoms with Gasteiger partial charge in [-0.25, -0.2) is 0 Å². The zero-order chi connectivity index (χ0) is 14.8. The van der Waals surface area contributed by atoms with Gasteiger partial charge in [0.2, 0.25) is 0 Å². The van der Waals surface area contributed by atoms with Gasteiger partial charge >= 0.3 is 0 Å². The molecule has 0 aliphatic carbocycles. The van der Waals surface area contributed by atoms with Gasteiger partial charge in [0.15, 0.2) is 5.69 Å². The first-order chi connectivity index (χ1) is 10.7. The topological polar surface area (TPSA) is 52.2 Å². The van der Waals surface area contributed by atoms with Gasteiger partial charge in [0.1, 0.15) is 0 Å². The Morgan fingerprint density at radius 3 is 3.23 bits per heavy atom. The summed E-state index contributed by atoms with van der Waals surface area (Å²) in [5.74, 6) is 0.607. The van der Waals surface area contributed by atoms with Crippen molar-refractivity contribution in [2.75, 3.05) is 13.1 Å². The van der Waals surface area contributed by atoms with Crippen LogP contribution in [-0.2, 0) is 0 Å². The van der Waals surface area contributed by atoms with Crippen LogP contribution in [0.4, 0.5) is 0 Å². The molecule has 1 fully saturated rings. The highest BCUT2D eigenvalue weighted by Crippen LogP contribution is 2.43. The molecule has 1 saturated heterocycles. The Morgan fingerprint density at radius 2 is 2.32 bits per heavy atom. The molecule has 2 atom stereocenters. The van der Waals surface area contributed by atoms with Crippen molar-refractivity contribution >= 4 is 16.8 Å². The molecule has 0 saturated carbocycles. The molecule has 0 radical (unpaired) electrons. The van der Waals surface area contributed by atoms with Crippen molar-refractivity contribution in [2.24, 2.45) is 5.92 Å². The highest BCUT2D eigenvalue weighted by atomic mass is 16.2. The van der Waals surface area contributed by atoms with Crippen LogP contribution in [0.5, 0.6) is 0 Å². The molecule has 1 aromatic carbocycles. The molecule has 4 heterocycles. The lowest BCUT2D eigenvalue weighted by molar-refractivity contribution is 0.0716. The number of hydrogen-bond acceptors (Lipinski definition) is 3. The van der Waals surface area contributed by atoms with Gasteiger partial charge in [-0.1, -0.05) is 12.1 Å². The molecular weight excluding hydrogens is 276 g/mol. The molecule has 5 nitrogen and oxygen atoms in total. The summed E-state index contributed by atoms with van der Waals surface area (Å²) in [6.07, 6.45) is 4.47. The molecule has 1 amide bonds. The first kappa shape index (κ1) is 12.3. The van der Waals surface area contributed by atoms with E-state index in [4.69, 9.17) is 0 Å². The van der Waals surface area contributed by atoms with E-state index < -0.39 is 0 Å². The number of H-pyrrole nitrogens is 1. The minimum atomic E-state index is 0.0513. The lowest BCUT2D eigenvalue weighted by atomic mass is 9.99. The van der Waals surface area contributed by atoms with E-state index in [-0.39, 0.29) is 5.91 Å². The van der Waals surface area contributed by atoms with E-state index in [1.807, 2.05) is 30.0 Å². The summed E-state index contributed by atoms with van der Waals surface area (Å²) in [6, 6.07) is 6.39. The minimum absolute atomic E-state index is 0.0513. The number of fused-ring (bicyclic) bond motifs is 3. The predicted octanol–water partition coefficient (Wildman–Crippen LogP) is 2.26. The molecule has 3 aliphatic heterocycles. The molecular formula is C17H18N4O. The Bertz CT molecular complexity index is 819. The molecule has 112 valence electrons. The van der Waals surface area contributed by atoms with Gasteiger partial charge in [0.25, 0.3) is 5.91 Å². The maximum absolute atomic E-state index is 13.1. The first-order valence-electron chi connectivity index (χ1n) is 7.95. The van der Waals surface area contributed by atoms with Crippen molar-refractivity contribution in [3.05, 3.63) is 41.4 Å². The van der Waals surface area contributed by atoms with E-state index in [9.17, 15) is 4.79 Å². The average molecular weight is 294 g/mol. The van der Waals surface area contributed by atoms with Crippen LogP contribution in [0.1, 0.15) is 28.9 Å². The highest BCUT2D eigenvalue weighted by Gasteiger charge is 2.46. The Hall–Kier alpha value is -2.30. The van der Waals surface area contributed by atoms with Crippen LogP contribution in [-0.4, -0.2) is 45.0 Å². The van der Waals surface area contributed by atoms with E-state index in [1.165, 1.54) is 17.7 Å². The van der Waals surface area contributed by atoms with Crippen molar-refractivity contribution in [1.29, 1.82) is 0 Å². The van der Waals surface area contributed by atoms with Crippen molar-refractivity contribution in [3.63, 3.8) is 0 Å². The van der Waals surface area contributed by atoms with E-state index in [0.717, 1.165) is 30.4 Å². The molecule has 1 aromatic heterocycles. The Balaban J connectivity index is 1.58. The molecule has 3 bridgehead atoms. The summed E-state index contributed by atoms with van der Waals surface area (Å²) in [6.45, 7) is 4.15. The number of carbonyl (C=O) groups is 1. The zero-order valence-corrected chi connectivity index (χ0v) is 12.5. The van der Waals surface area contributed by atoms with Crippen LogP contribution in [0.15, 0.2) is 30.1 Å². The van der Waals surface area contributed by atoms with Crippen molar-refractivity contribution < 1.29 is 4.79 Å². The van der Waals surface area contributed by atoms with Crippen molar-refractivity contribution in [3.8, 4) is 0 Å². The number of carbonyl (C=O) groups excluding carboxylic acids is 1. The van der Waals surface area contributed by atoms with Gasteiger partial charge < -0.3 is 9.80 Å². The Kier molecular flexibility index (Phi) is 2.30. The molecule has 0 unspecified atom stereocenters. The fraction of sp³-hybridized carbons (Fsp3) is 0.412. The highest BCUT2D eigenvalue weighted by molar-refractivity contribution is 6.05. The zero-order valence-electron chi connectivity index (χ0n) is 12.5. The predicted molar refractivity (Wildman–Crippen MR) is 83.2 cm³/mol. The van der Waals surface area contributed by atoms with Gasteiger partial charge in [0, 0.05) is 36.3 Å². The Morgan fingerprint density at radius 1 is 1.41 bits per heavy atom. The number of aromatic amines is 1. The maximum Gasteiger partial charge on any atom is 0.279 e. The van der Waals surface area contributed by atoms with Crippen LogP contribution in [0.2, 0.25) is 0 Å². The molecule has 3 aliphatic rings. The largest absolute Gasteiger partial charge is 0.374 e. The number of amides is 1. The summed E-state index contributed by atoms with van der Waals surface area (Å²) in [4.78, 5) is 17.5. The number of nitrogens with zero attached hydrogens (tertiary/aromatic N) is 3. The monoisotopic (exact) mass is 294 g/mol. The van der Waals surface area contributed by atoms with E-state index in [0.29, 0.717) is 17.7 Å². The fourth-order valence-electron chi connectivity index (χ4n) is 4.23. The number of allylic oxidation sites excluding steroid dienone is 1. The molecule has 2 aromatic rings. The number of aryl methyl sites for hydroxylation is 1. The summed E-state index contributed by atoms with van der Waals surface area (Å²) in [7, 11) is 0. The normalized spacial score (nSPS) is 26.0. The SMILES string of the molecule is Cc1ccc2c(C(=O)N3C4=CN5CC[C@H]4C[C@H]3C5)n[nH]c2c1. The molecule has 1 N–H and O–H groups in total. The number of nitrogens with one attached hydrogen (secondary N) is 1. The summed E-state index contributed by atoms with van der Waals surface area (Å²) in [5, 5.41) is 8.24. The Labute approximate surface area is 128 Å². The van der Waals surface area contributed by atoms with Crippen LogP contribution >= 0.6 is 0 Å². The fourth-order valence-corrected chi connectivity index (χ4v) is 4.23. The van der Waals surface area contributed by atoms with Crippen LogP contribution < -0.4 is 0 Å². The number of aromatic nitrogens is 2. The third kappa shape index (κ3) is 1.54. The summed E-state index contributed by atoms with van der Waals surface area (Å²) < 4.78 is 0. The number of hydrogen-bond donors (Lipinski definition) is 1. The second-order valence-electron chi connectivity index (χ2n) is 6.72. The third-order valence-electron chi connectivity index (χ3n) is 5.28. The lowest BCUT2D eigenvalue weighted by Crippen LogP contribution is -2.46. The third-order valence-corrected chi connectivity index (χ3v) is 5.28. The van der Waals surface area contributed by atoms with E-state index >= 15 is 0 Å². The van der Waals surface area contributed by atoms with Gasteiger partial charge in [-0.15, -0.1) is 0 Å². The maximum atomic E-state index is 13.1. The van der Waals surface area contributed by atoms with E-state index in [1.54, 1.807) is 0 Å².